The highest BCUT2D eigenvalue weighted by Gasteiger charge is 2.24. The molecule has 2 aromatic carbocycles. The lowest BCUT2D eigenvalue weighted by Gasteiger charge is -2.17. The van der Waals surface area contributed by atoms with E-state index in [-0.39, 0.29) is 10.7 Å². The number of rotatable bonds is 7. The summed E-state index contributed by atoms with van der Waals surface area (Å²) < 4.78 is 43.6. The number of benzene rings is 2. The Kier molecular flexibility index (Phi) is 6.92. The third-order valence-corrected chi connectivity index (χ3v) is 6.84. The second-order valence-electron chi connectivity index (χ2n) is 6.91. The first-order valence-electron chi connectivity index (χ1n) is 8.93. The van der Waals surface area contributed by atoms with Crippen LogP contribution in [0.25, 0.3) is 0 Å². The van der Waals surface area contributed by atoms with Crippen LogP contribution in [-0.4, -0.2) is 44.7 Å². The molecule has 0 atom stereocenters. The summed E-state index contributed by atoms with van der Waals surface area (Å²) in [6.07, 6.45) is 0. The van der Waals surface area contributed by atoms with Crippen molar-refractivity contribution in [3.63, 3.8) is 0 Å². The van der Waals surface area contributed by atoms with Crippen molar-refractivity contribution in [3.05, 3.63) is 64.0 Å². The zero-order chi connectivity index (χ0) is 21.9. The van der Waals surface area contributed by atoms with Crippen molar-refractivity contribution in [2.45, 2.75) is 32.6 Å². The van der Waals surface area contributed by atoms with E-state index >= 15 is 0 Å². The lowest BCUT2D eigenvalue weighted by atomic mass is 9.93. The molecular formula is C21H24FNO5S. The summed E-state index contributed by atoms with van der Waals surface area (Å²) in [7, 11) is -2.78. The summed E-state index contributed by atoms with van der Waals surface area (Å²) in [6.45, 7) is 6.59. The van der Waals surface area contributed by atoms with Crippen LogP contribution < -0.4 is 0 Å². The number of hydrogen-bond acceptors (Lipinski definition) is 5. The van der Waals surface area contributed by atoms with Crippen molar-refractivity contribution in [3.8, 4) is 0 Å². The highest BCUT2D eigenvalue weighted by molar-refractivity contribution is 7.89. The molecule has 0 aliphatic carbocycles. The fourth-order valence-corrected chi connectivity index (χ4v) is 3.94. The Morgan fingerprint density at radius 1 is 1.00 bits per heavy atom. The second-order valence-corrected chi connectivity index (χ2v) is 8.96. The molecule has 156 valence electrons. The normalized spacial score (nSPS) is 11.6. The van der Waals surface area contributed by atoms with Crippen LogP contribution in [0, 0.1) is 33.5 Å². The summed E-state index contributed by atoms with van der Waals surface area (Å²) in [5, 5.41) is 0. The van der Waals surface area contributed by atoms with Gasteiger partial charge in [-0.15, -0.1) is 0 Å². The molecule has 0 unspecified atom stereocenters. The minimum Gasteiger partial charge on any atom is -0.456 e. The van der Waals surface area contributed by atoms with E-state index in [1.54, 1.807) is 6.07 Å². The summed E-state index contributed by atoms with van der Waals surface area (Å²) in [5.41, 5.74) is 4.37. The van der Waals surface area contributed by atoms with E-state index in [0.29, 0.717) is 5.56 Å². The van der Waals surface area contributed by atoms with Crippen LogP contribution in [0.15, 0.2) is 35.2 Å². The third kappa shape index (κ3) is 5.07. The second kappa shape index (κ2) is 8.84. The number of nitrogens with zero attached hydrogens (tertiary/aromatic N) is 1. The van der Waals surface area contributed by atoms with Crippen molar-refractivity contribution in [1.82, 2.24) is 4.31 Å². The molecule has 29 heavy (non-hydrogen) atoms. The third-order valence-electron chi connectivity index (χ3n) is 5.02. The van der Waals surface area contributed by atoms with Gasteiger partial charge in [0.25, 0.3) is 0 Å². The summed E-state index contributed by atoms with van der Waals surface area (Å²) >= 11 is 0. The Morgan fingerprint density at radius 3 is 2.17 bits per heavy atom. The molecule has 0 aliphatic heterocycles. The predicted octanol–water partition coefficient (Wildman–Crippen LogP) is 3.11. The number of sulfonamides is 1. The monoisotopic (exact) mass is 421 g/mol. The smallest absolute Gasteiger partial charge is 0.321 e. The summed E-state index contributed by atoms with van der Waals surface area (Å²) in [4.78, 5) is 24.4. The first kappa shape index (κ1) is 22.7. The minimum absolute atomic E-state index is 0.147. The number of ketones is 1. The molecule has 6 nitrogen and oxygen atoms in total. The zero-order valence-corrected chi connectivity index (χ0v) is 17.9. The molecule has 0 saturated carbocycles. The number of hydrogen-bond donors (Lipinski definition) is 0. The highest BCUT2D eigenvalue weighted by atomic mass is 32.2. The summed E-state index contributed by atoms with van der Waals surface area (Å²) in [5.74, 6) is -1.78. The lowest BCUT2D eigenvalue weighted by molar-refractivity contribution is -0.142. The Labute approximate surface area is 170 Å². The van der Waals surface area contributed by atoms with Gasteiger partial charge in [0.2, 0.25) is 15.8 Å². The van der Waals surface area contributed by atoms with Gasteiger partial charge in [-0.25, -0.2) is 12.8 Å². The van der Waals surface area contributed by atoms with Crippen LogP contribution in [0.2, 0.25) is 0 Å². The molecular weight excluding hydrogens is 397 g/mol. The van der Waals surface area contributed by atoms with Crippen molar-refractivity contribution in [2.75, 3.05) is 20.2 Å². The fraction of sp³-hybridized carbons (Fsp3) is 0.333. The van der Waals surface area contributed by atoms with Crippen molar-refractivity contribution in [2.24, 2.45) is 0 Å². The van der Waals surface area contributed by atoms with Gasteiger partial charge >= 0.3 is 5.97 Å². The number of carbonyl (C=O) groups is 2. The Morgan fingerprint density at radius 2 is 1.59 bits per heavy atom. The van der Waals surface area contributed by atoms with Gasteiger partial charge in [0.15, 0.2) is 6.61 Å². The molecule has 8 heteroatoms. The van der Waals surface area contributed by atoms with Crippen LogP contribution >= 0.6 is 0 Å². The van der Waals surface area contributed by atoms with Crippen molar-refractivity contribution >= 4 is 21.8 Å². The van der Waals surface area contributed by atoms with E-state index in [9.17, 15) is 22.4 Å². The lowest BCUT2D eigenvalue weighted by Crippen LogP contribution is -2.33. The molecule has 0 radical (unpaired) electrons. The number of carbonyl (C=O) groups excluding carboxylic acids is 2. The van der Waals surface area contributed by atoms with E-state index in [4.69, 9.17) is 4.74 Å². The molecule has 2 rings (SSSR count). The zero-order valence-electron chi connectivity index (χ0n) is 17.1. The van der Waals surface area contributed by atoms with Gasteiger partial charge in [-0.1, -0.05) is 0 Å². The first-order valence-corrected chi connectivity index (χ1v) is 10.4. The van der Waals surface area contributed by atoms with E-state index in [2.05, 4.69) is 0 Å². The number of likely N-dealkylation sites (N-methyl/N-ethyl adjacent to an activating group) is 1. The largest absolute Gasteiger partial charge is 0.456 e. The van der Waals surface area contributed by atoms with Crippen LogP contribution in [-0.2, 0) is 19.6 Å². The highest BCUT2D eigenvalue weighted by Crippen LogP contribution is 2.21. The van der Waals surface area contributed by atoms with Gasteiger partial charge in [0, 0.05) is 12.6 Å². The SMILES string of the molecule is Cc1cc(C(=O)COC(=O)CN(C)S(=O)(=O)c2ccc(F)cc2)c(C)c(C)c1C. The Balaban J connectivity index is 2.03. The van der Waals surface area contributed by atoms with Gasteiger partial charge in [-0.2, -0.15) is 4.31 Å². The molecule has 0 heterocycles. The minimum atomic E-state index is -3.98. The predicted molar refractivity (Wildman–Crippen MR) is 107 cm³/mol. The topological polar surface area (TPSA) is 80.8 Å². The van der Waals surface area contributed by atoms with E-state index in [0.717, 1.165) is 50.8 Å². The van der Waals surface area contributed by atoms with Crippen LogP contribution in [0.1, 0.15) is 32.6 Å². The van der Waals surface area contributed by atoms with Crippen LogP contribution in [0.3, 0.4) is 0 Å². The maximum atomic E-state index is 13.0. The fourth-order valence-electron chi connectivity index (χ4n) is 2.82. The van der Waals surface area contributed by atoms with Crippen molar-refractivity contribution < 1.29 is 27.1 Å². The molecule has 0 spiro atoms. The van der Waals surface area contributed by atoms with Crippen LogP contribution in [0.5, 0.6) is 0 Å². The van der Waals surface area contributed by atoms with Crippen molar-refractivity contribution in [1.29, 1.82) is 0 Å². The molecule has 2 aromatic rings. The Bertz CT molecular complexity index is 1050. The molecule has 0 amide bonds. The molecule has 0 aromatic heterocycles. The maximum absolute atomic E-state index is 13.0. The Hall–Kier alpha value is -2.58. The molecule has 0 fully saturated rings. The number of halogens is 1. The maximum Gasteiger partial charge on any atom is 0.321 e. The summed E-state index contributed by atoms with van der Waals surface area (Å²) in [6, 6.07) is 6.03. The van der Waals surface area contributed by atoms with Gasteiger partial charge in [-0.3, -0.25) is 9.59 Å². The number of ether oxygens (including phenoxy) is 1. The molecule has 0 saturated heterocycles. The van der Waals surface area contributed by atoms with E-state index in [1.807, 2.05) is 27.7 Å². The number of aryl methyl sites for hydroxylation is 1. The quantitative estimate of drug-likeness (QED) is 0.507. The number of Topliss-reactive ketones (excluding diaryl/α,β-unsaturated/α-hetero) is 1. The molecule has 0 aliphatic rings. The van der Waals surface area contributed by atoms with Gasteiger partial charge in [-0.05, 0) is 80.3 Å². The van der Waals surface area contributed by atoms with Gasteiger partial charge < -0.3 is 4.74 Å². The van der Waals surface area contributed by atoms with E-state index < -0.39 is 35.0 Å². The van der Waals surface area contributed by atoms with E-state index in [1.165, 1.54) is 7.05 Å². The molecule has 0 N–H and O–H groups in total. The number of esters is 1. The average Bonchev–Trinajstić information content (AvgIpc) is 2.67. The van der Waals surface area contributed by atoms with Gasteiger partial charge in [0.1, 0.15) is 12.4 Å². The van der Waals surface area contributed by atoms with Gasteiger partial charge in [0.05, 0.1) is 4.90 Å². The standard InChI is InChI=1S/C21H24FNO5S/c1-13-10-19(16(4)15(3)14(13)2)20(24)12-28-21(25)11-23(5)29(26,27)18-8-6-17(22)7-9-18/h6-10H,11-12H2,1-5H3. The molecule has 0 bridgehead atoms. The average molecular weight is 421 g/mol. The van der Waals surface area contributed by atoms with Crippen LogP contribution in [0.4, 0.5) is 4.39 Å². The first-order chi connectivity index (χ1) is 13.4.